The maximum absolute atomic E-state index is 9.21. The van der Waals surface area contributed by atoms with Gasteiger partial charge in [0.1, 0.15) is 0 Å². The van der Waals surface area contributed by atoms with Gasteiger partial charge in [-0.1, -0.05) is 41.9 Å². The van der Waals surface area contributed by atoms with Gasteiger partial charge in [0.05, 0.1) is 23.1 Å². The molecule has 33 heavy (non-hydrogen) atoms. The van der Waals surface area contributed by atoms with E-state index in [1.54, 1.807) is 19.9 Å². The van der Waals surface area contributed by atoms with E-state index in [1.165, 1.54) is 0 Å². The lowest BCUT2D eigenvalue weighted by Crippen LogP contribution is -2.36. The fraction of sp³-hybridized carbons (Fsp3) is 0.846. The highest BCUT2D eigenvalue weighted by Crippen LogP contribution is 2.22. The molecule has 0 aromatic carbocycles. The molecule has 0 rings (SSSR count). The van der Waals surface area contributed by atoms with Crippen molar-refractivity contribution >= 4 is 15.9 Å². The summed E-state index contributed by atoms with van der Waals surface area (Å²) in [4.78, 5) is 0. The third-order valence-electron chi connectivity index (χ3n) is 5.05. The monoisotopic (exact) mass is 540 g/mol. The van der Waals surface area contributed by atoms with Crippen LogP contribution in [-0.4, -0.2) is 67.3 Å². The van der Waals surface area contributed by atoms with Crippen LogP contribution in [-0.2, 0) is 23.7 Å². The van der Waals surface area contributed by atoms with Crippen LogP contribution in [0.5, 0.6) is 0 Å². The summed E-state index contributed by atoms with van der Waals surface area (Å²) >= 11 is 3.27. The van der Waals surface area contributed by atoms with E-state index in [2.05, 4.69) is 36.0 Å². The minimum Gasteiger partial charge on any atom is -0.390 e. The van der Waals surface area contributed by atoms with Crippen LogP contribution in [0.1, 0.15) is 69.2 Å². The zero-order chi connectivity index (χ0) is 26.5. The molecule has 0 fully saturated rings. The van der Waals surface area contributed by atoms with Gasteiger partial charge in [0, 0.05) is 38.3 Å². The molecule has 6 nitrogen and oxygen atoms in total. The standard InChI is InChI=1S/C13H26O3.C7H14O.C6H13BrO2/c1-7-11(4)13(5,6)16-10-12(14-8-2)15-9-3;1-5-6(2)7(3,4)8;1-3-8-6(5-7)9-4-2/h7,11-12H,1,8-10H2,2-6H3;5-6,8H,1H2,2-4H3;6H,3-5H2,1-2H3. The van der Waals surface area contributed by atoms with Gasteiger partial charge in [0.25, 0.3) is 0 Å². The Morgan fingerprint density at radius 3 is 1.36 bits per heavy atom. The Morgan fingerprint density at radius 2 is 1.12 bits per heavy atom. The maximum Gasteiger partial charge on any atom is 0.180 e. The third-order valence-corrected chi connectivity index (χ3v) is 5.57. The predicted octanol–water partition coefficient (Wildman–Crippen LogP) is 6.36. The number of hydrogen-bond acceptors (Lipinski definition) is 6. The maximum atomic E-state index is 9.21. The van der Waals surface area contributed by atoms with Crippen molar-refractivity contribution in [3.05, 3.63) is 25.3 Å². The SMILES string of the molecule is C=CC(C)C(C)(C)O.C=CC(C)C(C)(C)OCC(OCC)OCC.CCOC(CBr)OCC. The molecule has 0 aliphatic carbocycles. The van der Waals surface area contributed by atoms with E-state index < -0.39 is 5.60 Å². The molecule has 0 radical (unpaired) electrons. The second-order valence-electron chi connectivity index (χ2n) is 8.45. The van der Waals surface area contributed by atoms with Crippen molar-refractivity contribution in [2.24, 2.45) is 11.8 Å². The second-order valence-corrected chi connectivity index (χ2v) is 9.10. The molecule has 0 saturated carbocycles. The highest BCUT2D eigenvalue weighted by atomic mass is 79.9. The first-order valence-electron chi connectivity index (χ1n) is 11.9. The Bertz CT molecular complexity index is 439. The van der Waals surface area contributed by atoms with E-state index in [0.717, 1.165) is 5.33 Å². The molecule has 0 aliphatic rings. The molecule has 2 unspecified atom stereocenters. The molecule has 0 aliphatic heterocycles. The van der Waals surface area contributed by atoms with Crippen molar-refractivity contribution < 1.29 is 28.8 Å². The molecule has 7 heteroatoms. The quantitative estimate of drug-likeness (QED) is 0.139. The van der Waals surface area contributed by atoms with Crippen LogP contribution < -0.4 is 0 Å². The molecule has 0 bridgehead atoms. The molecule has 0 aromatic rings. The largest absolute Gasteiger partial charge is 0.390 e. The lowest BCUT2D eigenvalue weighted by molar-refractivity contribution is -0.192. The summed E-state index contributed by atoms with van der Waals surface area (Å²) < 4.78 is 27.0. The van der Waals surface area contributed by atoms with Gasteiger partial charge in [-0.2, -0.15) is 0 Å². The van der Waals surface area contributed by atoms with Crippen LogP contribution in [0, 0.1) is 11.8 Å². The molecular formula is C26H53BrO6. The fourth-order valence-corrected chi connectivity index (χ4v) is 2.39. The van der Waals surface area contributed by atoms with E-state index in [1.807, 2.05) is 54.5 Å². The topological polar surface area (TPSA) is 66.4 Å². The Hall–Kier alpha value is -0.280. The van der Waals surface area contributed by atoms with Crippen LogP contribution in [0.15, 0.2) is 25.3 Å². The summed E-state index contributed by atoms with van der Waals surface area (Å²) in [6.07, 6.45) is 3.31. The predicted molar refractivity (Wildman–Crippen MR) is 143 cm³/mol. The zero-order valence-corrected chi connectivity index (χ0v) is 24.6. The Morgan fingerprint density at radius 1 is 0.758 bits per heavy atom. The van der Waals surface area contributed by atoms with Crippen LogP contribution in [0.25, 0.3) is 0 Å². The van der Waals surface area contributed by atoms with Gasteiger partial charge >= 0.3 is 0 Å². The van der Waals surface area contributed by atoms with Crippen molar-refractivity contribution in [3.63, 3.8) is 0 Å². The zero-order valence-electron chi connectivity index (χ0n) is 23.0. The normalized spacial score (nSPS) is 13.5. The lowest BCUT2D eigenvalue weighted by atomic mass is 9.93. The van der Waals surface area contributed by atoms with Crippen molar-refractivity contribution in [1.82, 2.24) is 0 Å². The van der Waals surface area contributed by atoms with Gasteiger partial charge in [-0.05, 0) is 55.4 Å². The van der Waals surface area contributed by atoms with Gasteiger partial charge in [-0.3, -0.25) is 0 Å². The Balaban J connectivity index is -0.000000449. The van der Waals surface area contributed by atoms with Gasteiger partial charge < -0.3 is 28.8 Å². The fourth-order valence-electron chi connectivity index (χ4n) is 2.01. The first kappa shape index (κ1) is 37.3. The number of hydrogen-bond donors (Lipinski definition) is 1. The Labute approximate surface area is 213 Å². The minimum absolute atomic E-state index is 0.0694. The molecule has 0 spiro atoms. The van der Waals surface area contributed by atoms with Gasteiger partial charge in [-0.15, -0.1) is 13.2 Å². The van der Waals surface area contributed by atoms with Gasteiger partial charge in [-0.25, -0.2) is 0 Å². The van der Waals surface area contributed by atoms with Crippen LogP contribution in [0.3, 0.4) is 0 Å². The molecule has 0 aromatic heterocycles. The van der Waals surface area contributed by atoms with Crippen molar-refractivity contribution in [2.45, 2.75) is 93.0 Å². The number of halogens is 1. The molecule has 0 heterocycles. The van der Waals surface area contributed by atoms with E-state index in [0.29, 0.717) is 33.0 Å². The average Bonchev–Trinajstić information content (AvgIpc) is 2.76. The summed E-state index contributed by atoms with van der Waals surface area (Å²) in [6.45, 7) is 30.0. The van der Waals surface area contributed by atoms with Crippen LogP contribution in [0.2, 0.25) is 0 Å². The van der Waals surface area contributed by atoms with Crippen molar-refractivity contribution in [2.75, 3.05) is 38.4 Å². The second kappa shape index (κ2) is 22.2. The number of alkyl halides is 1. The van der Waals surface area contributed by atoms with E-state index in [9.17, 15) is 5.11 Å². The van der Waals surface area contributed by atoms with E-state index >= 15 is 0 Å². The highest BCUT2D eigenvalue weighted by Gasteiger charge is 2.26. The number of aliphatic hydroxyl groups is 1. The molecule has 0 amide bonds. The number of ether oxygens (including phenoxy) is 5. The molecule has 2 atom stereocenters. The van der Waals surface area contributed by atoms with E-state index in [4.69, 9.17) is 23.7 Å². The molecule has 1 N–H and O–H groups in total. The van der Waals surface area contributed by atoms with Gasteiger partial charge in [0.2, 0.25) is 0 Å². The molecule has 0 saturated heterocycles. The summed E-state index contributed by atoms with van der Waals surface area (Å²) in [5.41, 5.74) is -0.851. The van der Waals surface area contributed by atoms with Crippen LogP contribution >= 0.6 is 15.9 Å². The highest BCUT2D eigenvalue weighted by molar-refractivity contribution is 9.09. The summed E-state index contributed by atoms with van der Waals surface area (Å²) in [6, 6.07) is 0. The first-order chi connectivity index (χ1) is 15.3. The van der Waals surface area contributed by atoms with E-state index in [-0.39, 0.29) is 30.0 Å². The molecular weight excluding hydrogens is 488 g/mol. The lowest BCUT2D eigenvalue weighted by Gasteiger charge is -2.31. The Kier molecular flexibility index (Phi) is 25.1. The van der Waals surface area contributed by atoms with Crippen LogP contribution in [0.4, 0.5) is 0 Å². The minimum atomic E-state index is -0.609. The summed E-state index contributed by atoms with van der Waals surface area (Å²) in [5, 5.41) is 9.96. The van der Waals surface area contributed by atoms with Crippen molar-refractivity contribution in [1.29, 1.82) is 0 Å². The smallest absolute Gasteiger partial charge is 0.180 e. The first-order valence-corrected chi connectivity index (χ1v) is 13.1. The third kappa shape index (κ3) is 22.0. The van der Waals surface area contributed by atoms with Crippen molar-refractivity contribution in [3.8, 4) is 0 Å². The summed E-state index contributed by atoms with van der Waals surface area (Å²) in [5.74, 6) is 0.457. The summed E-state index contributed by atoms with van der Waals surface area (Å²) in [7, 11) is 0. The molecule has 200 valence electrons. The average molecular weight is 542 g/mol. The van der Waals surface area contributed by atoms with Gasteiger partial charge in [0.15, 0.2) is 12.6 Å². The number of rotatable bonds is 16.